The molecule has 112 valence electrons. The Labute approximate surface area is 116 Å². The van der Waals surface area contributed by atoms with Crippen LogP contribution in [0, 0.1) is 0 Å². The Morgan fingerprint density at radius 1 is 1.32 bits per heavy atom. The molecule has 0 heterocycles. The van der Waals surface area contributed by atoms with Crippen molar-refractivity contribution in [3.05, 3.63) is 12.2 Å². The number of hydrogen-bond acceptors (Lipinski definition) is 4. The van der Waals surface area contributed by atoms with E-state index in [2.05, 4.69) is 6.58 Å². The summed E-state index contributed by atoms with van der Waals surface area (Å²) in [4.78, 5) is 11.5. The summed E-state index contributed by atoms with van der Waals surface area (Å²) in [5.74, 6) is -0.652. The zero-order valence-electron chi connectivity index (χ0n) is 12.8. The lowest BCUT2D eigenvalue weighted by Gasteiger charge is -2.26. The molecular weight excluding hydrogens is 265 g/mol. The molecule has 1 atom stereocenters. The quantitative estimate of drug-likeness (QED) is 0.284. The second-order valence-electron chi connectivity index (χ2n) is 5.69. The normalized spacial score (nSPS) is 14.8. The highest BCUT2D eigenvalue weighted by molar-refractivity contribution is 7.54. The van der Waals surface area contributed by atoms with Gasteiger partial charge in [0.05, 0.1) is 34.3 Å². The number of carbonyl (C=O) groups is 1. The van der Waals surface area contributed by atoms with Gasteiger partial charge in [0.25, 0.3) is 0 Å². The number of nitrogens with zero attached hydrogens (tertiary/aromatic N) is 1. The van der Waals surface area contributed by atoms with E-state index in [-0.39, 0.29) is 11.7 Å². The Hall–Kier alpha value is -0.640. The fourth-order valence-corrected chi connectivity index (χ4v) is 3.05. The summed E-state index contributed by atoms with van der Waals surface area (Å²) >= 11 is 0. The highest BCUT2D eigenvalue weighted by atomic mass is 31.2. The number of rotatable bonds is 9. The molecule has 0 aliphatic carbocycles. The van der Waals surface area contributed by atoms with Crippen LogP contribution in [0.25, 0.3) is 0 Å². The lowest BCUT2D eigenvalue weighted by molar-refractivity contribution is -0.867. The van der Waals surface area contributed by atoms with Crippen molar-refractivity contribution in [3.63, 3.8) is 0 Å². The van der Waals surface area contributed by atoms with Crippen LogP contribution in [0.15, 0.2) is 12.2 Å². The van der Waals surface area contributed by atoms with Crippen LogP contribution in [0.4, 0.5) is 0 Å². The fraction of sp³-hybridized carbons (Fsp3) is 0.769. The van der Waals surface area contributed by atoms with E-state index in [4.69, 9.17) is 9.05 Å². The first-order valence-electron chi connectivity index (χ1n) is 6.53. The summed E-state index contributed by atoms with van der Waals surface area (Å²) < 4.78 is 23.5. The standard InChI is InChI=1S/C13H27NO4P/c1-7-8-10-17-19(16,11-9-14(4,5)6)18-13(15)12(2)3/h2,7-11H2,1,3-6H3/q+1. The van der Waals surface area contributed by atoms with Crippen molar-refractivity contribution < 1.29 is 22.9 Å². The highest BCUT2D eigenvalue weighted by Gasteiger charge is 2.31. The molecule has 0 radical (unpaired) electrons. The molecule has 5 nitrogen and oxygen atoms in total. The van der Waals surface area contributed by atoms with Gasteiger partial charge in [-0.1, -0.05) is 19.9 Å². The monoisotopic (exact) mass is 292 g/mol. The first-order valence-corrected chi connectivity index (χ1v) is 8.26. The maximum atomic E-state index is 12.5. The van der Waals surface area contributed by atoms with E-state index < -0.39 is 13.6 Å². The molecule has 1 unspecified atom stereocenters. The Morgan fingerprint density at radius 3 is 2.32 bits per heavy atom. The average Bonchev–Trinajstić information content (AvgIpc) is 2.26. The van der Waals surface area contributed by atoms with Crippen molar-refractivity contribution in [2.75, 3.05) is 40.5 Å². The van der Waals surface area contributed by atoms with E-state index in [0.717, 1.165) is 12.8 Å². The smallest absolute Gasteiger partial charge is 0.387 e. The Bertz CT molecular complexity index is 360. The third kappa shape index (κ3) is 8.98. The molecule has 19 heavy (non-hydrogen) atoms. The van der Waals surface area contributed by atoms with Crippen LogP contribution in [0.3, 0.4) is 0 Å². The number of carbonyl (C=O) groups excluding carboxylic acids is 1. The molecule has 0 aliphatic rings. The molecule has 0 aliphatic heterocycles. The van der Waals surface area contributed by atoms with E-state index in [1.165, 1.54) is 6.92 Å². The minimum Gasteiger partial charge on any atom is -0.388 e. The van der Waals surface area contributed by atoms with Gasteiger partial charge in [-0.3, -0.25) is 4.52 Å². The van der Waals surface area contributed by atoms with Gasteiger partial charge < -0.3 is 9.01 Å². The van der Waals surface area contributed by atoms with Crippen LogP contribution in [0.5, 0.6) is 0 Å². The van der Waals surface area contributed by atoms with Gasteiger partial charge in [0.15, 0.2) is 0 Å². The van der Waals surface area contributed by atoms with Crippen LogP contribution in [-0.4, -0.2) is 50.9 Å². The Kier molecular flexibility index (Phi) is 7.57. The van der Waals surface area contributed by atoms with Crippen molar-refractivity contribution in [3.8, 4) is 0 Å². The SMILES string of the molecule is C=C(C)C(=O)OP(=O)(CC[N+](C)(C)C)OCCCC. The van der Waals surface area contributed by atoms with Crippen LogP contribution in [-0.2, 0) is 18.4 Å². The number of hydrogen-bond donors (Lipinski definition) is 0. The van der Waals surface area contributed by atoms with Gasteiger partial charge >= 0.3 is 13.6 Å². The van der Waals surface area contributed by atoms with Crippen LogP contribution in [0.2, 0.25) is 0 Å². The lowest BCUT2D eigenvalue weighted by atomic mass is 10.4. The summed E-state index contributed by atoms with van der Waals surface area (Å²) in [7, 11) is 2.57. The lowest BCUT2D eigenvalue weighted by Crippen LogP contribution is -2.37. The molecule has 6 heteroatoms. The zero-order valence-corrected chi connectivity index (χ0v) is 13.7. The molecule has 0 saturated heterocycles. The van der Waals surface area contributed by atoms with Gasteiger partial charge in [0, 0.05) is 5.57 Å². The van der Waals surface area contributed by atoms with E-state index in [0.29, 0.717) is 17.6 Å². The third-order valence-electron chi connectivity index (χ3n) is 2.40. The molecule has 0 bridgehead atoms. The summed E-state index contributed by atoms with van der Waals surface area (Å²) in [5, 5.41) is 0. The van der Waals surface area contributed by atoms with Crippen LogP contribution >= 0.6 is 7.60 Å². The first-order chi connectivity index (χ1) is 8.59. The van der Waals surface area contributed by atoms with E-state index in [9.17, 15) is 9.36 Å². The number of unbranched alkanes of at least 4 members (excludes halogenated alkanes) is 1. The molecule has 0 saturated carbocycles. The highest BCUT2D eigenvalue weighted by Crippen LogP contribution is 2.48. The van der Waals surface area contributed by atoms with Crippen LogP contribution in [0.1, 0.15) is 26.7 Å². The topological polar surface area (TPSA) is 52.6 Å². The van der Waals surface area contributed by atoms with Crippen molar-refractivity contribution in [1.82, 2.24) is 0 Å². The number of quaternary nitrogens is 1. The molecule has 0 N–H and O–H groups in total. The van der Waals surface area contributed by atoms with Crippen molar-refractivity contribution in [2.45, 2.75) is 26.7 Å². The van der Waals surface area contributed by atoms with Gasteiger partial charge in [0.1, 0.15) is 6.16 Å². The largest absolute Gasteiger partial charge is 0.388 e. The Morgan fingerprint density at radius 2 is 1.89 bits per heavy atom. The molecular formula is C13H27NO4P+. The molecule has 0 rings (SSSR count). The van der Waals surface area contributed by atoms with Gasteiger partial charge in [-0.25, -0.2) is 9.36 Å². The first kappa shape index (κ1) is 18.4. The minimum atomic E-state index is -3.38. The Balaban J connectivity index is 4.66. The molecule has 0 spiro atoms. The molecule has 0 aromatic carbocycles. The molecule has 0 amide bonds. The second-order valence-corrected chi connectivity index (χ2v) is 7.80. The van der Waals surface area contributed by atoms with E-state index >= 15 is 0 Å². The third-order valence-corrected chi connectivity index (χ3v) is 4.17. The minimum absolute atomic E-state index is 0.221. The summed E-state index contributed by atoms with van der Waals surface area (Å²) in [6.07, 6.45) is 1.95. The van der Waals surface area contributed by atoms with Crippen LogP contribution < -0.4 is 0 Å². The van der Waals surface area contributed by atoms with E-state index in [1.807, 2.05) is 28.1 Å². The maximum absolute atomic E-state index is 12.5. The molecule has 0 aromatic heterocycles. The zero-order chi connectivity index (χ0) is 15.1. The van der Waals surface area contributed by atoms with Gasteiger partial charge in [-0.05, 0) is 13.3 Å². The average molecular weight is 292 g/mol. The second kappa shape index (κ2) is 7.83. The van der Waals surface area contributed by atoms with Crippen molar-refractivity contribution in [2.24, 2.45) is 0 Å². The van der Waals surface area contributed by atoms with Crippen molar-refractivity contribution >= 4 is 13.6 Å². The summed E-state index contributed by atoms with van der Waals surface area (Å²) in [6, 6.07) is 0. The van der Waals surface area contributed by atoms with Gasteiger partial charge in [-0.15, -0.1) is 0 Å². The summed E-state index contributed by atoms with van der Waals surface area (Å²) in [5.41, 5.74) is 0.226. The molecule has 0 aromatic rings. The predicted octanol–water partition coefficient (Wildman–Crippen LogP) is 2.82. The predicted molar refractivity (Wildman–Crippen MR) is 77.1 cm³/mol. The maximum Gasteiger partial charge on any atom is 0.387 e. The summed E-state index contributed by atoms with van der Waals surface area (Å²) in [6.45, 7) is 7.98. The fourth-order valence-electron chi connectivity index (χ4n) is 1.11. The van der Waals surface area contributed by atoms with Crippen molar-refractivity contribution in [1.29, 1.82) is 0 Å². The van der Waals surface area contributed by atoms with E-state index in [1.54, 1.807) is 0 Å². The van der Waals surface area contributed by atoms with Gasteiger partial charge in [-0.2, -0.15) is 0 Å². The molecule has 0 fully saturated rings. The van der Waals surface area contributed by atoms with Gasteiger partial charge in [0.2, 0.25) is 0 Å².